The van der Waals surface area contributed by atoms with Gasteiger partial charge in [-0.15, -0.1) is 0 Å². The van der Waals surface area contributed by atoms with E-state index in [0.29, 0.717) is 28.2 Å². The van der Waals surface area contributed by atoms with Gasteiger partial charge >= 0.3 is 0 Å². The average Bonchev–Trinajstić information content (AvgIpc) is 3.03. The van der Waals surface area contributed by atoms with Crippen LogP contribution in [0.2, 0.25) is 0 Å². The lowest BCUT2D eigenvalue weighted by molar-refractivity contribution is 0.0778. The lowest BCUT2D eigenvalue weighted by Crippen LogP contribution is -2.28. The van der Waals surface area contributed by atoms with Gasteiger partial charge in [0, 0.05) is 25.2 Å². The molecule has 3 aromatic rings. The van der Waals surface area contributed by atoms with Gasteiger partial charge in [-0.25, -0.2) is 9.97 Å². The highest BCUT2D eigenvalue weighted by molar-refractivity contribution is 5.95. The number of fused-ring (bicyclic) bond motifs is 5. The predicted octanol–water partition coefficient (Wildman–Crippen LogP) is 2.06. The van der Waals surface area contributed by atoms with E-state index < -0.39 is 6.10 Å². The van der Waals surface area contributed by atoms with Gasteiger partial charge in [0.25, 0.3) is 11.8 Å². The molecule has 0 spiro atoms. The first-order valence-electron chi connectivity index (χ1n) is 9.00. The van der Waals surface area contributed by atoms with Crippen LogP contribution in [0.3, 0.4) is 0 Å². The predicted molar refractivity (Wildman–Crippen MR) is 105 cm³/mol. The summed E-state index contributed by atoms with van der Waals surface area (Å²) >= 11 is 0. The van der Waals surface area contributed by atoms with Crippen LogP contribution < -0.4 is 10.5 Å². The number of ether oxygens (including phenoxy) is 1. The topological polar surface area (TPSA) is 123 Å². The summed E-state index contributed by atoms with van der Waals surface area (Å²) in [6, 6.07) is 9.39. The lowest BCUT2D eigenvalue weighted by atomic mass is 10.0. The molecule has 1 unspecified atom stereocenters. The van der Waals surface area contributed by atoms with Crippen LogP contribution in [-0.2, 0) is 13.6 Å². The number of nitrogens with zero attached hydrogens (tertiary/aromatic N) is 6. The van der Waals surface area contributed by atoms with E-state index in [9.17, 15) is 10.1 Å². The number of hydrogen-bond acceptors (Lipinski definition) is 7. The lowest BCUT2D eigenvalue weighted by Gasteiger charge is -2.23. The number of carbonyl (C=O) groups is 1. The molecule has 9 nitrogen and oxygen atoms in total. The zero-order valence-corrected chi connectivity index (χ0v) is 16.2. The number of aryl methyl sites for hydroxylation is 1. The van der Waals surface area contributed by atoms with Crippen molar-refractivity contribution >= 4 is 11.7 Å². The molecule has 0 aliphatic carbocycles. The van der Waals surface area contributed by atoms with E-state index in [1.54, 1.807) is 31.1 Å². The Bertz CT molecular complexity index is 1160. The minimum atomic E-state index is -0.487. The zero-order valence-electron chi connectivity index (χ0n) is 16.2. The van der Waals surface area contributed by atoms with Crippen LogP contribution in [-0.4, -0.2) is 37.6 Å². The maximum Gasteiger partial charge on any atom is 0.258 e. The molecule has 1 atom stereocenters. The summed E-state index contributed by atoms with van der Waals surface area (Å²) in [6.45, 7) is 2.02. The molecule has 2 aromatic heterocycles. The first kappa shape index (κ1) is 18.4. The fourth-order valence-corrected chi connectivity index (χ4v) is 3.46. The maximum absolute atomic E-state index is 13.2. The minimum absolute atomic E-state index is 0.127. The molecule has 1 amide bonds. The van der Waals surface area contributed by atoms with Crippen molar-refractivity contribution in [1.82, 2.24) is 24.6 Å². The SMILES string of the molecule is CC1Oc2nc(cnc2N)-c2c(nn(C)c2C#N)CN(C)C(=O)c2ccccc21. The van der Waals surface area contributed by atoms with Crippen LogP contribution in [0.5, 0.6) is 5.88 Å². The van der Waals surface area contributed by atoms with Gasteiger partial charge in [0.15, 0.2) is 5.82 Å². The van der Waals surface area contributed by atoms with Gasteiger partial charge in [0.05, 0.1) is 29.7 Å². The normalized spacial score (nSPS) is 16.0. The molecule has 3 heterocycles. The highest BCUT2D eigenvalue weighted by atomic mass is 16.5. The molecule has 0 fully saturated rings. The fraction of sp³-hybridized carbons (Fsp3) is 0.250. The number of rotatable bonds is 0. The molecule has 9 heteroatoms. The summed E-state index contributed by atoms with van der Waals surface area (Å²) in [5.41, 5.74) is 8.99. The van der Waals surface area contributed by atoms with Crippen molar-refractivity contribution in [2.75, 3.05) is 12.8 Å². The van der Waals surface area contributed by atoms with Crippen molar-refractivity contribution in [3.05, 3.63) is 53.0 Å². The number of anilines is 1. The van der Waals surface area contributed by atoms with E-state index in [2.05, 4.69) is 21.1 Å². The quantitative estimate of drug-likeness (QED) is 0.624. The number of nitrogen functional groups attached to an aromatic ring is 1. The zero-order chi connectivity index (χ0) is 20.7. The molecular formula is C20H19N7O2. The van der Waals surface area contributed by atoms with Crippen molar-refractivity contribution < 1.29 is 9.53 Å². The van der Waals surface area contributed by atoms with Crippen molar-refractivity contribution in [2.45, 2.75) is 19.6 Å². The molecule has 0 saturated carbocycles. The van der Waals surface area contributed by atoms with Crippen LogP contribution in [0.15, 0.2) is 30.5 Å². The minimum Gasteiger partial charge on any atom is -0.467 e. The number of aromatic nitrogens is 4. The molecule has 1 aliphatic rings. The third-order valence-corrected chi connectivity index (χ3v) is 4.90. The molecule has 2 bridgehead atoms. The summed E-state index contributed by atoms with van der Waals surface area (Å²) in [5, 5.41) is 14.1. The Kier molecular flexibility index (Phi) is 4.39. The maximum atomic E-state index is 13.2. The van der Waals surface area contributed by atoms with Gasteiger partial charge in [-0.05, 0) is 13.0 Å². The highest BCUT2D eigenvalue weighted by Crippen LogP contribution is 2.32. The summed E-state index contributed by atoms with van der Waals surface area (Å²) in [6.07, 6.45) is 0.995. The van der Waals surface area contributed by atoms with E-state index in [4.69, 9.17) is 10.5 Å². The number of benzene rings is 1. The molecule has 4 rings (SSSR count). The largest absolute Gasteiger partial charge is 0.467 e. The Morgan fingerprint density at radius 3 is 2.83 bits per heavy atom. The summed E-state index contributed by atoms with van der Waals surface area (Å²) in [5.74, 6) is 0.0989. The van der Waals surface area contributed by atoms with Gasteiger partial charge in [-0.3, -0.25) is 9.48 Å². The van der Waals surface area contributed by atoms with Gasteiger partial charge in [0.2, 0.25) is 0 Å². The second kappa shape index (κ2) is 6.91. The van der Waals surface area contributed by atoms with Gasteiger partial charge < -0.3 is 15.4 Å². The van der Waals surface area contributed by atoms with Crippen LogP contribution >= 0.6 is 0 Å². The summed E-state index contributed by atoms with van der Waals surface area (Å²) in [4.78, 5) is 23.4. The highest BCUT2D eigenvalue weighted by Gasteiger charge is 2.27. The molecule has 0 saturated heterocycles. The molecule has 0 radical (unpaired) electrons. The Morgan fingerprint density at radius 1 is 1.31 bits per heavy atom. The molecule has 2 N–H and O–H groups in total. The van der Waals surface area contributed by atoms with Crippen LogP contribution in [0.1, 0.15) is 40.3 Å². The molecule has 146 valence electrons. The third-order valence-electron chi connectivity index (χ3n) is 4.90. The van der Waals surface area contributed by atoms with E-state index >= 15 is 0 Å². The number of carbonyl (C=O) groups excluding carboxylic acids is 1. The number of nitriles is 1. The molecule has 1 aliphatic heterocycles. The van der Waals surface area contributed by atoms with E-state index in [0.717, 1.165) is 5.56 Å². The van der Waals surface area contributed by atoms with Crippen molar-refractivity contribution in [1.29, 1.82) is 5.26 Å². The van der Waals surface area contributed by atoms with Crippen LogP contribution in [0.4, 0.5) is 5.82 Å². The van der Waals surface area contributed by atoms with Gasteiger partial charge in [0.1, 0.15) is 17.9 Å². The Morgan fingerprint density at radius 2 is 2.07 bits per heavy atom. The van der Waals surface area contributed by atoms with E-state index in [1.807, 2.05) is 19.1 Å². The standard InChI is InChI=1S/C20H19N7O2/c1-11-12-6-4-5-7-13(12)20(28)26(2)10-15-17(16(8-21)27(3)25-15)14-9-23-18(22)19(24-14)29-11/h4-7,9,11H,10H2,1-3H3,(H2,22,23). The summed E-state index contributed by atoms with van der Waals surface area (Å²) < 4.78 is 7.45. The van der Waals surface area contributed by atoms with E-state index in [1.165, 1.54) is 10.9 Å². The number of hydrogen-bond donors (Lipinski definition) is 1. The smallest absolute Gasteiger partial charge is 0.258 e. The Labute approximate surface area is 167 Å². The van der Waals surface area contributed by atoms with E-state index in [-0.39, 0.29) is 24.1 Å². The van der Waals surface area contributed by atoms with Crippen molar-refractivity contribution in [2.24, 2.45) is 7.05 Å². The number of amides is 1. The molecule has 29 heavy (non-hydrogen) atoms. The fourth-order valence-electron chi connectivity index (χ4n) is 3.46. The monoisotopic (exact) mass is 389 g/mol. The van der Waals surface area contributed by atoms with Crippen LogP contribution in [0, 0.1) is 11.3 Å². The second-order valence-electron chi connectivity index (χ2n) is 6.86. The first-order chi connectivity index (χ1) is 13.9. The van der Waals surface area contributed by atoms with Crippen molar-refractivity contribution in [3.8, 4) is 23.2 Å². The molecular weight excluding hydrogens is 370 g/mol. The summed E-state index contributed by atoms with van der Waals surface area (Å²) in [7, 11) is 3.37. The first-order valence-corrected chi connectivity index (χ1v) is 9.00. The second-order valence-corrected chi connectivity index (χ2v) is 6.86. The Hall–Kier alpha value is -3.93. The van der Waals surface area contributed by atoms with Crippen LogP contribution in [0.25, 0.3) is 11.3 Å². The van der Waals surface area contributed by atoms with Gasteiger partial charge in [-0.1, -0.05) is 18.2 Å². The Balaban J connectivity index is 1.98. The van der Waals surface area contributed by atoms with Crippen molar-refractivity contribution in [3.63, 3.8) is 0 Å². The molecule has 1 aromatic carbocycles. The van der Waals surface area contributed by atoms with Gasteiger partial charge in [-0.2, -0.15) is 10.4 Å². The average molecular weight is 389 g/mol. The number of nitrogens with two attached hydrogens (primary N) is 1. The third kappa shape index (κ3) is 3.04.